The summed E-state index contributed by atoms with van der Waals surface area (Å²) in [6.07, 6.45) is 0. The second-order valence-corrected chi connectivity index (χ2v) is 4.78. The molecule has 1 aliphatic heterocycles. The fourth-order valence-electron chi connectivity index (χ4n) is 1.43. The number of hydrogen-bond acceptors (Lipinski definition) is 4. The number of nitrogens with two attached hydrogens (primary N) is 1. The number of amides is 1. The van der Waals surface area contributed by atoms with Crippen molar-refractivity contribution in [1.82, 2.24) is 0 Å². The van der Waals surface area contributed by atoms with E-state index in [1.54, 1.807) is 0 Å². The molecule has 0 bridgehead atoms. The van der Waals surface area contributed by atoms with Crippen LogP contribution in [0.1, 0.15) is 5.56 Å². The van der Waals surface area contributed by atoms with E-state index in [-0.39, 0.29) is 5.91 Å². The molecule has 1 aromatic heterocycles. The molecule has 15 heavy (non-hydrogen) atoms. The van der Waals surface area contributed by atoms with Gasteiger partial charge >= 0.3 is 0 Å². The Morgan fingerprint density at radius 2 is 2.47 bits per heavy atom. The average Bonchev–Trinajstić information content (AvgIpc) is 2.51. The molecule has 2 rings (SSSR count). The third kappa shape index (κ3) is 1.78. The molecule has 0 aliphatic carbocycles. The minimum Gasteiger partial charge on any atom is -0.379 e. The van der Waals surface area contributed by atoms with Crippen molar-refractivity contribution < 1.29 is 9.53 Å². The van der Waals surface area contributed by atoms with Gasteiger partial charge in [-0.05, 0) is 23.9 Å². The van der Waals surface area contributed by atoms with Crippen LogP contribution in [0.15, 0.2) is 11.4 Å². The molecule has 2 heterocycles. The lowest BCUT2D eigenvalue weighted by Crippen LogP contribution is -2.56. The number of nitrogens with one attached hydrogen (secondary N) is 1. The van der Waals surface area contributed by atoms with Gasteiger partial charge < -0.3 is 15.8 Å². The predicted octanol–water partition coefficient (Wildman–Crippen LogP) is 0.970. The van der Waals surface area contributed by atoms with E-state index < -0.39 is 5.41 Å². The summed E-state index contributed by atoms with van der Waals surface area (Å²) in [5.74, 6) is -0.0261. The van der Waals surface area contributed by atoms with Crippen LogP contribution in [0.25, 0.3) is 0 Å². The second-order valence-electron chi connectivity index (χ2n) is 3.86. The van der Waals surface area contributed by atoms with Crippen molar-refractivity contribution in [2.24, 2.45) is 11.1 Å². The van der Waals surface area contributed by atoms with Crippen molar-refractivity contribution in [3.05, 3.63) is 17.0 Å². The number of anilines is 1. The first-order valence-corrected chi connectivity index (χ1v) is 5.69. The van der Waals surface area contributed by atoms with E-state index in [0.717, 1.165) is 10.6 Å². The number of ether oxygens (including phenoxy) is 1. The number of hydrogen-bond donors (Lipinski definition) is 2. The monoisotopic (exact) mass is 226 g/mol. The Labute approximate surface area is 92.4 Å². The lowest BCUT2D eigenvalue weighted by atomic mass is 9.85. The molecule has 0 unspecified atom stereocenters. The van der Waals surface area contributed by atoms with Crippen molar-refractivity contribution >= 4 is 22.2 Å². The number of carbonyl (C=O) groups is 1. The number of aryl methyl sites for hydroxylation is 1. The largest absolute Gasteiger partial charge is 0.379 e. The number of carbonyl (C=O) groups excluding carboxylic acids is 1. The van der Waals surface area contributed by atoms with Gasteiger partial charge in [-0.1, -0.05) is 0 Å². The Morgan fingerprint density at radius 3 is 2.87 bits per heavy atom. The van der Waals surface area contributed by atoms with Crippen LogP contribution in [0.5, 0.6) is 0 Å². The van der Waals surface area contributed by atoms with Gasteiger partial charge in [0.05, 0.1) is 18.2 Å². The molecule has 4 nitrogen and oxygen atoms in total. The molecule has 1 aliphatic rings. The maximum Gasteiger partial charge on any atom is 0.237 e. The zero-order chi connectivity index (χ0) is 10.9. The van der Waals surface area contributed by atoms with Crippen LogP contribution in [0.4, 0.5) is 5.00 Å². The van der Waals surface area contributed by atoms with Gasteiger partial charge in [0, 0.05) is 6.54 Å². The van der Waals surface area contributed by atoms with E-state index in [0.29, 0.717) is 19.8 Å². The highest BCUT2D eigenvalue weighted by molar-refractivity contribution is 7.14. The van der Waals surface area contributed by atoms with Gasteiger partial charge in [-0.25, -0.2) is 0 Å². The van der Waals surface area contributed by atoms with Crippen molar-refractivity contribution in [1.29, 1.82) is 0 Å². The molecule has 0 saturated carbocycles. The zero-order valence-electron chi connectivity index (χ0n) is 8.58. The van der Waals surface area contributed by atoms with E-state index in [9.17, 15) is 4.79 Å². The minimum atomic E-state index is -0.504. The van der Waals surface area contributed by atoms with Gasteiger partial charge in [-0.2, -0.15) is 0 Å². The van der Waals surface area contributed by atoms with E-state index in [2.05, 4.69) is 5.32 Å². The van der Waals surface area contributed by atoms with Crippen molar-refractivity contribution in [2.45, 2.75) is 6.92 Å². The van der Waals surface area contributed by atoms with Crippen LogP contribution >= 0.6 is 11.3 Å². The Morgan fingerprint density at radius 1 is 1.73 bits per heavy atom. The molecule has 0 atom stereocenters. The molecule has 1 fully saturated rings. The van der Waals surface area contributed by atoms with Crippen LogP contribution in [0.2, 0.25) is 0 Å². The fraction of sp³-hybridized carbons (Fsp3) is 0.500. The molecule has 1 aromatic rings. The molecule has 82 valence electrons. The molecular formula is C10H14N2O2S. The van der Waals surface area contributed by atoms with Crippen LogP contribution in [0, 0.1) is 12.3 Å². The average molecular weight is 226 g/mol. The SMILES string of the molecule is Cc1ccsc1NC(=O)C1(CN)COC1. The highest BCUT2D eigenvalue weighted by atomic mass is 32.1. The molecule has 1 amide bonds. The highest BCUT2D eigenvalue weighted by Gasteiger charge is 2.44. The Hall–Kier alpha value is -0.910. The Bertz CT molecular complexity index is 366. The molecular weight excluding hydrogens is 212 g/mol. The summed E-state index contributed by atoms with van der Waals surface area (Å²) >= 11 is 1.53. The van der Waals surface area contributed by atoms with Gasteiger partial charge in [-0.3, -0.25) is 4.79 Å². The zero-order valence-corrected chi connectivity index (χ0v) is 9.39. The summed E-state index contributed by atoms with van der Waals surface area (Å²) in [7, 11) is 0. The molecule has 5 heteroatoms. The third-order valence-corrected chi connectivity index (χ3v) is 3.65. The number of thiophene rings is 1. The van der Waals surface area contributed by atoms with Crippen LogP contribution in [-0.4, -0.2) is 25.7 Å². The van der Waals surface area contributed by atoms with Crippen LogP contribution < -0.4 is 11.1 Å². The smallest absolute Gasteiger partial charge is 0.237 e. The van der Waals surface area contributed by atoms with Crippen LogP contribution in [0.3, 0.4) is 0 Å². The fourth-order valence-corrected chi connectivity index (χ4v) is 2.24. The summed E-state index contributed by atoms with van der Waals surface area (Å²) in [6.45, 7) is 3.17. The molecule has 3 N–H and O–H groups in total. The summed E-state index contributed by atoms with van der Waals surface area (Å²) in [5, 5.41) is 5.76. The summed E-state index contributed by atoms with van der Waals surface area (Å²) < 4.78 is 5.06. The van der Waals surface area contributed by atoms with E-state index >= 15 is 0 Å². The normalized spacial score (nSPS) is 18.3. The first-order valence-electron chi connectivity index (χ1n) is 4.81. The maximum atomic E-state index is 11.9. The molecule has 0 radical (unpaired) electrons. The Balaban J connectivity index is 2.07. The second kappa shape index (κ2) is 3.92. The molecule has 0 spiro atoms. The van der Waals surface area contributed by atoms with Gasteiger partial charge in [-0.15, -0.1) is 11.3 Å². The van der Waals surface area contributed by atoms with Crippen LogP contribution in [-0.2, 0) is 9.53 Å². The summed E-state index contributed by atoms with van der Waals surface area (Å²) in [4.78, 5) is 11.9. The highest BCUT2D eigenvalue weighted by Crippen LogP contribution is 2.30. The molecule has 1 saturated heterocycles. The first kappa shape index (κ1) is 10.6. The third-order valence-electron chi connectivity index (χ3n) is 2.72. The maximum absolute atomic E-state index is 11.9. The van der Waals surface area contributed by atoms with Crippen molar-refractivity contribution in [3.8, 4) is 0 Å². The number of rotatable bonds is 3. The van der Waals surface area contributed by atoms with Gasteiger partial charge in [0.15, 0.2) is 0 Å². The quantitative estimate of drug-likeness (QED) is 0.807. The van der Waals surface area contributed by atoms with E-state index in [4.69, 9.17) is 10.5 Å². The van der Waals surface area contributed by atoms with E-state index in [1.807, 2.05) is 18.4 Å². The minimum absolute atomic E-state index is 0.0261. The summed E-state index contributed by atoms with van der Waals surface area (Å²) in [6, 6.07) is 1.98. The summed E-state index contributed by atoms with van der Waals surface area (Å²) in [5.41, 5.74) is 6.18. The van der Waals surface area contributed by atoms with Crippen molar-refractivity contribution in [2.75, 3.05) is 25.1 Å². The van der Waals surface area contributed by atoms with Gasteiger partial charge in [0.25, 0.3) is 0 Å². The molecule has 0 aromatic carbocycles. The lowest BCUT2D eigenvalue weighted by molar-refractivity contribution is -0.153. The first-order chi connectivity index (χ1) is 7.18. The van der Waals surface area contributed by atoms with Crippen molar-refractivity contribution in [3.63, 3.8) is 0 Å². The lowest BCUT2D eigenvalue weighted by Gasteiger charge is -2.38. The topological polar surface area (TPSA) is 64.4 Å². The Kier molecular flexibility index (Phi) is 2.77. The van der Waals surface area contributed by atoms with E-state index in [1.165, 1.54) is 11.3 Å². The van der Waals surface area contributed by atoms with Gasteiger partial charge in [0.1, 0.15) is 5.41 Å². The standard InChI is InChI=1S/C10H14N2O2S/c1-7-2-3-15-8(7)12-9(13)10(4-11)5-14-6-10/h2-3H,4-6,11H2,1H3,(H,12,13). The predicted molar refractivity (Wildman–Crippen MR) is 60.0 cm³/mol. The van der Waals surface area contributed by atoms with Gasteiger partial charge in [0.2, 0.25) is 5.91 Å².